The van der Waals surface area contributed by atoms with Crippen LogP contribution >= 0.6 is 11.6 Å². The lowest BCUT2D eigenvalue weighted by Crippen LogP contribution is -2.43. The van der Waals surface area contributed by atoms with Crippen LogP contribution in [0.5, 0.6) is 5.75 Å². The van der Waals surface area contributed by atoms with Gasteiger partial charge < -0.3 is 19.2 Å². The molecule has 1 unspecified atom stereocenters. The number of hydrogen-bond donors (Lipinski definition) is 1. The second-order valence-corrected chi connectivity index (χ2v) is 9.75. The van der Waals surface area contributed by atoms with Crippen LogP contribution in [0.1, 0.15) is 27.2 Å². The van der Waals surface area contributed by atoms with Gasteiger partial charge in [-0.2, -0.15) is 5.26 Å². The molecule has 9 heteroatoms. The predicted octanol–water partition coefficient (Wildman–Crippen LogP) is 5.62. The molecule has 0 saturated carbocycles. The Bertz CT molecular complexity index is 1720. The van der Waals surface area contributed by atoms with Gasteiger partial charge in [-0.05, 0) is 70.8 Å². The summed E-state index contributed by atoms with van der Waals surface area (Å²) in [6.45, 7) is 0.353. The Morgan fingerprint density at radius 3 is 2.37 bits per heavy atom. The van der Waals surface area contributed by atoms with Crippen LogP contribution in [-0.4, -0.2) is 34.4 Å². The summed E-state index contributed by atoms with van der Waals surface area (Å²) < 4.78 is 12.5. The third-order valence-electron chi connectivity index (χ3n) is 6.51. The molecule has 41 heavy (non-hydrogen) atoms. The molecule has 0 saturated heterocycles. The van der Waals surface area contributed by atoms with E-state index in [9.17, 15) is 9.59 Å². The van der Waals surface area contributed by atoms with Gasteiger partial charge in [0.05, 0.1) is 18.7 Å². The monoisotopic (exact) mass is 564 g/mol. The van der Waals surface area contributed by atoms with E-state index in [0.29, 0.717) is 28.6 Å². The lowest BCUT2D eigenvalue weighted by Gasteiger charge is -2.16. The Balaban J connectivity index is 1.24. The van der Waals surface area contributed by atoms with Gasteiger partial charge in [-0.25, -0.2) is 9.78 Å². The highest BCUT2D eigenvalue weighted by Gasteiger charge is 2.24. The van der Waals surface area contributed by atoms with E-state index >= 15 is 0 Å². The second-order valence-electron chi connectivity index (χ2n) is 9.31. The fraction of sp³-hybridized carbons (Fsp3) is 0.125. The quantitative estimate of drug-likeness (QED) is 0.233. The number of carbonyl (C=O) groups is 2. The first-order valence-electron chi connectivity index (χ1n) is 12.8. The first kappa shape index (κ1) is 27.4. The molecule has 5 rings (SSSR count). The first-order valence-corrected chi connectivity index (χ1v) is 13.1. The summed E-state index contributed by atoms with van der Waals surface area (Å²) in [5.74, 6) is -0.396. The smallest absolute Gasteiger partial charge is 0.328 e. The van der Waals surface area contributed by atoms with E-state index in [4.69, 9.17) is 26.3 Å². The molecule has 0 radical (unpaired) electrons. The number of rotatable bonds is 9. The highest BCUT2D eigenvalue weighted by Crippen LogP contribution is 2.23. The molecule has 1 N–H and O–H groups in total. The number of amides is 1. The van der Waals surface area contributed by atoms with Crippen molar-refractivity contribution in [3.63, 3.8) is 0 Å². The number of pyridine rings is 1. The minimum Gasteiger partial charge on any atom is -0.489 e. The number of nitrogens with zero attached hydrogens (tertiary/aromatic N) is 3. The maximum absolute atomic E-state index is 13.1. The fourth-order valence-corrected chi connectivity index (χ4v) is 4.41. The van der Waals surface area contributed by atoms with Gasteiger partial charge in [0.2, 0.25) is 0 Å². The van der Waals surface area contributed by atoms with Crippen molar-refractivity contribution in [3.8, 4) is 22.9 Å². The molecule has 3 aromatic carbocycles. The average Bonchev–Trinajstić information content (AvgIpc) is 3.44. The van der Waals surface area contributed by atoms with Gasteiger partial charge in [-0.1, -0.05) is 48.0 Å². The van der Waals surface area contributed by atoms with Crippen molar-refractivity contribution in [2.45, 2.75) is 19.1 Å². The first-order chi connectivity index (χ1) is 19.9. The summed E-state index contributed by atoms with van der Waals surface area (Å²) in [6, 6.07) is 26.9. The van der Waals surface area contributed by atoms with Crippen molar-refractivity contribution in [1.82, 2.24) is 14.7 Å². The number of fused-ring (bicyclic) bond motifs is 1. The highest BCUT2D eigenvalue weighted by molar-refractivity contribution is 6.30. The standard InChI is InChI=1S/C32H25ClN4O4/c1-40-32(39)28(16-21-6-12-27(13-7-21)41-20-23-4-2-22(18-34)3-5-23)36-31(38)29-19-37-15-14-25(17-30(37)35-29)24-8-10-26(33)11-9-24/h2-15,17,19,28H,16,20H2,1H3,(H,36,38). The zero-order valence-electron chi connectivity index (χ0n) is 22.1. The highest BCUT2D eigenvalue weighted by atomic mass is 35.5. The Hall–Kier alpha value is -5.13. The van der Waals surface area contributed by atoms with Crippen LogP contribution in [0.2, 0.25) is 5.02 Å². The normalized spacial score (nSPS) is 11.4. The van der Waals surface area contributed by atoms with Crippen molar-refractivity contribution < 1.29 is 19.1 Å². The third-order valence-corrected chi connectivity index (χ3v) is 6.77. The minimum atomic E-state index is -0.910. The number of hydrogen-bond acceptors (Lipinski definition) is 6. The maximum Gasteiger partial charge on any atom is 0.328 e. The molecular weight excluding hydrogens is 540 g/mol. The van der Waals surface area contributed by atoms with Crippen LogP contribution in [0, 0.1) is 11.3 Å². The van der Waals surface area contributed by atoms with Crippen LogP contribution in [0.3, 0.4) is 0 Å². The molecule has 2 heterocycles. The van der Waals surface area contributed by atoms with E-state index in [1.807, 2.05) is 66.9 Å². The number of imidazole rings is 1. The summed E-state index contributed by atoms with van der Waals surface area (Å²) in [7, 11) is 1.28. The molecule has 2 aromatic heterocycles. The van der Waals surface area contributed by atoms with Crippen molar-refractivity contribution in [1.29, 1.82) is 5.26 Å². The molecule has 0 fully saturated rings. The summed E-state index contributed by atoms with van der Waals surface area (Å²) >= 11 is 6.00. The molecule has 1 atom stereocenters. The minimum absolute atomic E-state index is 0.179. The number of nitriles is 1. The van der Waals surface area contributed by atoms with Crippen molar-refractivity contribution in [3.05, 3.63) is 125 Å². The van der Waals surface area contributed by atoms with E-state index in [1.165, 1.54) is 7.11 Å². The SMILES string of the molecule is COC(=O)C(Cc1ccc(OCc2ccc(C#N)cc2)cc1)NC(=O)c1cn2ccc(-c3ccc(Cl)cc3)cc2n1. The number of esters is 1. The Kier molecular flexibility index (Phi) is 8.28. The molecule has 0 aliphatic carbocycles. The van der Waals surface area contributed by atoms with Crippen molar-refractivity contribution >= 4 is 29.1 Å². The number of halogens is 1. The van der Waals surface area contributed by atoms with E-state index < -0.39 is 17.9 Å². The van der Waals surface area contributed by atoms with Gasteiger partial charge in [-0.15, -0.1) is 0 Å². The summed E-state index contributed by atoms with van der Waals surface area (Å²) in [5.41, 5.74) is 5.02. The Labute approximate surface area is 241 Å². The van der Waals surface area contributed by atoms with E-state index in [0.717, 1.165) is 22.3 Å². The molecule has 8 nitrogen and oxygen atoms in total. The number of methoxy groups -OCH3 is 1. The Morgan fingerprint density at radius 1 is 0.976 bits per heavy atom. The summed E-state index contributed by atoms with van der Waals surface area (Å²) in [5, 5.41) is 12.3. The largest absolute Gasteiger partial charge is 0.489 e. The molecule has 5 aromatic rings. The molecule has 0 aliphatic rings. The number of nitrogens with one attached hydrogen (secondary N) is 1. The topological polar surface area (TPSA) is 106 Å². The fourth-order valence-electron chi connectivity index (χ4n) is 4.28. The number of carbonyl (C=O) groups excluding carboxylic acids is 2. The average molecular weight is 565 g/mol. The molecule has 1 amide bonds. The number of ether oxygens (including phenoxy) is 2. The maximum atomic E-state index is 13.1. The molecule has 0 aliphatic heterocycles. The molecule has 0 bridgehead atoms. The van der Waals surface area contributed by atoms with Gasteiger partial charge in [0.15, 0.2) is 0 Å². The van der Waals surface area contributed by atoms with Crippen LogP contribution in [-0.2, 0) is 22.6 Å². The second kappa shape index (κ2) is 12.4. The van der Waals surface area contributed by atoms with Gasteiger partial charge in [-0.3, -0.25) is 4.79 Å². The summed E-state index contributed by atoms with van der Waals surface area (Å²) in [4.78, 5) is 30.1. The van der Waals surface area contributed by atoms with Crippen molar-refractivity contribution in [2.75, 3.05) is 7.11 Å². The van der Waals surface area contributed by atoms with E-state index in [1.54, 1.807) is 34.9 Å². The number of benzene rings is 3. The third kappa shape index (κ3) is 6.72. The zero-order chi connectivity index (χ0) is 28.8. The number of aromatic nitrogens is 2. The van der Waals surface area contributed by atoms with Gasteiger partial charge in [0.1, 0.15) is 29.7 Å². The van der Waals surface area contributed by atoms with Gasteiger partial charge in [0, 0.05) is 23.8 Å². The van der Waals surface area contributed by atoms with Gasteiger partial charge >= 0.3 is 5.97 Å². The van der Waals surface area contributed by atoms with E-state index in [-0.39, 0.29) is 12.1 Å². The molecule has 0 spiro atoms. The Morgan fingerprint density at radius 2 is 1.68 bits per heavy atom. The predicted molar refractivity (Wildman–Crippen MR) is 155 cm³/mol. The van der Waals surface area contributed by atoms with Crippen molar-refractivity contribution in [2.24, 2.45) is 0 Å². The lowest BCUT2D eigenvalue weighted by molar-refractivity contribution is -0.142. The van der Waals surface area contributed by atoms with Crippen LogP contribution in [0.25, 0.3) is 16.8 Å². The summed E-state index contributed by atoms with van der Waals surface area (Å²) in [6.07, 6.45) is 3.67. The molecular formula is C32H25ClN4O4. The zero-order valence-corrected chi connectivity index (χ0v) is 22.8. The van der Waals surface area contributed by atoms with Gasteiger partial charge in [0.25, 0.3) is 5.91 Å². The molecule has 204 valence electrons. The van der Waals surface area contributed by atoms with E-state index in [2.05, 4.69) is 16.4 Å². The van der Waals surface area contributed by atoms with Crippen LogP contribution in [0.4, 0.5) is 0 Å². The van der Waals surface area contributed by atoms with Crippen LogP contribution < -0.4 is 10.1 Å². The lowest BCUT2D eigenvalue weighted by atomic mass is 10.1. The van der Waals surface area contributed by atoms with Crippen LogP contribution in [0.15, 0.2) is 97.3 Å².